The van der Waals surface area contributed by atoms with E-state index >= 15 is 0 Å². The van der Waals surface area contributed by atoms with Crippen LogP contribution in [-0.2, 0) is 0 Å². The summed E-state index contributed by atoms with van der Waals surface area (Å²) in [6, 6.07) is 3.34. The second kappa shape index (κ2) is 6.47. The van der Waals surface area contributed by atoms with Gasteiger partial charge in [-0.1, -0.05) is 54.6 Å². The normalized spacial score (nSPS) is 10.4. The highest BCUT2D eigenvalue weighted by Gasteiger charge is 2.10. The Balaban J connectivity index is 2.63. The lowest BCUT2D eigenvalue weighted by Gasteiger charge is -2.10. The van der Waals surface area contributed by atoms with Crippen LogP contribution in [0.3, 0.4) is 0 Å². The van der Waals surface area contributed by atoms with Crippen LogP contribution in [0.5, 0.6) is 5.75 Å². The predicted molar refractivity (Wildman–Crippen MR) is 66.5 cm³/mol. The molecular formula is C11H13Cl3O. The van der Waals surface area contributed by atoms with Crippen LogP contribution in [0.1, 0.15) is 26.2 Å². The van der Waals surface area contributed by atoms with E-state index in [0.717, 1.165) is 19.3 Å². The molecule has 0 saturated heterocycles. The molecule has 0 saturated carbocycles. The van der Waals surface area contributed by atoms with Crippen molar-refractivity contribution in [2.24, 2.45) is 0 Å². The van der Waals surface area contributed by atoms with Gasteiger partial charge in [0.05, 0.1) is 16.7 Å². The van der Waals surface area contributed by atoms with Crippen molar-refractivity contribution in [1.29, 1.82) is 0 Å². The second-order valence-electron chi connectivity index (χ2n) is 3.23. The lowest BCUT2D eigenvalue weighted by molar-refractivity contribution is 0.306. The van der Waals surface area contributed by atoms with E-state index in [4.69, 9.17) is 39.5 Å². The largest absolute Gasteiger partial charge is 0.490 e. The number of unbranched alkanes of at least 4 members (excludes halogenated alkanes) is 2. The molecule has 0 radical (unpaired) electrons. The molecular weight excluding hydrogens is 254 g/mol. The summed E-state index contributed by atoms with van der Waals surface area (Å²) in [6.45, 7) is 2.76. The molecule has 0 amide bonds. The van der Waals surface area contributed by atoms with Crippen molar-refractivity contribution in [3.8, 4) is 5.75 Å². The van der Waals surface area contributed by atoms with E-state index in [-0.39, 0.29) is 0 Å². The quantitative estimate of drug-likeness (QED) is 0.525. The number of benzene rings is 1. The smallest absolute Gasteiger partial charge is 0.157 e. The summed E-state index contributed by atoms with van der Waals surface area (Å²) in [5, 5.41) is 1.35. The molecule has 0 N–H and O–H groups in total. The first kappa shape index (κ1) is 13.0. The third-order valence-electron chi connectivity index (χ3n) is 2.00. The number of ether oxygens (including phenoxy) is 1. The molecule has 0 fully saturated rings. The zero-order chi connectivity index (χ0) is 11.3. The molecule has 0 spiro atoms. The van der Waals surface area contributed by atoms with Crippen LogP contribution >= 0.6 is 34.8 Å². The fourth-order valence-electron chi connectivity index (χ4n) is 1.17. The Bertz CT molecular complexity index is 326. The Labute approximate surface area is 105 Å². The summed E-state index contributed by atoms with van der Waals surface area (Å²) in [6.07, 6.45) is 3.28. The molecule has 15 heavy (non-hydrogen) atoms. The van der Waals surface area contributed by atoms with Crippen LogP contribution in [0.15, 0.2) is 12.1 Å². The molecule has 1 nitrogen and oxygen atoms in total. The fourth-order valence-corrected chi connectivity index (χ4v) is 1.80. The van der Waals surface area contributed by atoms with E-state index in [1.165, 1.54) is 0 Å². The van der Waals surface area contributed by atoms with E-state index in [0.29, 0.717) is 27.4 Å². The van der Waals surface area contributed by atoms with Crippen LogP contribution in [0, 0.1) is 0 Å². The maximum atomic E-state index is 5.97. The van der Waals surface area contributed by atoms with Gasteiger partial charge in [-0.25, -0.2) is 0 Å². The van der Waals surface area contributed by atoms with Gasteiger partial charge >= 0.3 is 0 Å². The molecule has 0 bridgehead atoms. The van der Waals surface area contributed by atoms with Crippen molar-refractivity contribution in [2.75, 3.05) is 6.61 Å². The first-order chi connectivity index (χ1) is 7.16. The highest BCUT2D eigenvalue weighted by atomic mass is 35.5. The van der Waals surface area contributed by atoms with Gasteiger partial charge in [0.15, 0.2) is 5.75 Å². The molecule has 0 atom stereocenters. The lowest BCUT2D eigenvalue weighted by Crippen LogP contribution is -1.98. The second-order valence-corrected chi connectivity index (χ2v) is 4.42. The number of hydrogen-bond donors (Lipinski definition) is 0. The standard InChI is InChI=1S/C11H13Cl3O/c1-2-3-4-7-15-11-9(13)6-5-8(12)10(11)14/h5-6H,2-4,7H2,1H3. The Hall–Kier alpha value is -0.110. The highest BCUT2D eigenvalue weighted by Crippen LogP contribution is 2.37. The highest BCUT2D eigenvalue weighted by molar-refractivity contribution is 6.44. The van der Waals surface area contributed by atoms with Gasteiger partial charge in [-0.15, -0.1) is 0 Å². The number of halogens is 3. The third-order valence-corrected chi connectivity index (χ3v) is 3.08. The first-order valence-corrected chi connectivity index (χ1v) is 6.06. The van der Waals surface area contributed by atoms with Crippen LogP contribution in [-0.4, -0.2) is 6.61 Å². The fraction of sp³-hybridized carbons (Fsp3) is 0.455. The van der Waals surface area contributed by atoms with Gasteiger partial charge in [-0.2, -0.15) is 0 Å². The lowest BCUT2D eigenvalue weighted by atomic mass is 10.3. The van der Waals surface area contributed by atoms with Crippen LogP contribution in [0.25, 0.3) is 0 Å². The zero-order valence-corrected chi connectivity index (χ0v) is 10.8. The summed E-state index contributed by atoms with van der Waals surface area (Å²) < 4.78 is 5.50. The van der Waals surface area contributed by atoms with Crippen molar-refractivity contribution in [3.63, 3.8) is 0 Å². The Kier molecular flexibility index (Phi) is 5.59. The van der Waals surface area contributed by atoms with E-state index in [9.17, 15) is 0 Å². The van der Waals surface area contributed by atoms with Gasteiger partial charge in [-0.3, -0.25) is 0 Å². The zero-order valence-electron chi connectivity index (χ0n) is 8.53. The monoisotopic (exact) mass is 266 g/mol. The van der Waals surface area contributed by atoms with Crippen molar-refractivity contribution >= 4 is 34.8 Å². The molecule has 1 aromatic carbocycles. The number of rotatable bonds is 5. The molecule has 0 aliphatic heterocycles. The average Bonchev–Trinajstić information content (AvgIpc) is 2.23. The summed E-state index contributed by atoms with van der Waals surface area (Å²) in [4.78, 5) is 0. The summed E-state index contributed by atoms with van der Waals surface area (Å²) in [5.74, 6) is 0.488. The van der Waals surface area contributed by atoms with Crippen molar-refractivity contribution < 1.29 is 4.74 Å². The van der Waals surface area contributed by atoms with E-state index in [2.05, 4.69) is 6.92 Å². The van der Waals surface area contributed by atoms with Crippen LogP contribution in [0.4, 0.5) is 0 Å². The first-order valence-electron chi connectivity index (χ1n) is 4.93. The molecule has 0 aliphatic rings. The van der Waals surface area contributed by atoms with Gasteiger partial charge < -0.3 is 4.74 Å². The van der Waals surface area contributed by atoms with E-state index in [1.54, 1.807) is 12.1 Å². The molecule has 1 rings (SSSR count). The van der Waals surface area contributed by atoms with Crippen molar-refractivity contribution in [1.82, 2.24) is 0 Å². The van der Waals surface area contributed by atoms with E-state index in [1.807, 2.05) is 0 Å². The predicted octanol–water partition coefficient (Wildman–Crippen LogP) is 5.22. The third kappa shape index (κ3) is 3.75. The summed E-state index contributed by atoms with van der Waals surface area (Å²) in [7, 11) is 0. The van der Waals surface area contributed by atoms with Gasteiger partial charge in [0, 0.05) is 0 Å². The molecule has 84 valence electrons. The topological polar surface area (TPSA) is 9.23 Å². The minimum atomic E-state index is 0.390. The maximum absolute atomic E-state index is 5.97. The van der Waals surface area contributed by atoms with Gasteiger partial charge in [0.2, 0.25) is 0 Å². The van der Waals surface area contributed by atoms with Crippen molar-refractivity contribution in [3.05, 3.63) is 27.2 Å². The average molecular weight is 268 g/mol. The van der Waals surface area contributed by atoms with Gasteiger partial charge in [0.25, 0.3) is 0 Å². The maximum Gasteiger partial charge on any atom is 0.157 e. The van der Waals surface area contributed by atoms with Crippen LogP contribution in [0.2, 0.25) is 15.1 Å². The SMILES string of the molecule is CCCCCOc1c(Cl)ccc(Cl)c1Cl. The molecule has 0 aromatic heterocycles. The molecule has 0 unspecified atom stereocenters. The summed E-state index contributed by atoms with van der Waals surface area (Å²) >= 11 is 17.8. The Morgan fingerprint density at radius 2 is 1.73 bits per heavy atom. The molecule has 0 heterocycles. The Morgan fingerprint density at radius 3 is 2.40 bits per heavy atom. The molecule has 1 aromatic rings. The van der Waals surface area contributed by atoms with Gasteiger partial charge in [0.1, 0.15) is 5.02 Å². The number of hydrogen-bond acceptors (Lipinski definition) is 1. The summed E-state index contributed by atoms with van der Waals surface area (Å²) in [5.41, 5.74) is 0. The van der Waals surface area contributed by atoms with Gasteiger partial charge in [-0.05, 0) is 18.6 Å². The van der Waals surface area contributed by atoms with E-state index < -0.39 is 0 Å². The molecule has 4 heteroatoms. The Morgan fingerprint density at radius 1 is 1.07 bits per heavy atom. The molecule has 0 aliphatic carbocycles. The minimum absolute atomic E-state index is 0.390. The minimum Gasteiger partial charge on any atom is -0.490 e. The van der Waals surface area contributed by atoms with Crippen molar-refractivity contribution in [2.45, 2.75) is 26.2 Å². The van der Waals surface area contributed by atoms with Crippen LogP contribution < -0.4 is 4.74 Å².